The Bertz CT molecular complexity index is 777. The lowest BCUT2D eigenvalue weighted by Crippen LogP contribution is -2.03. The maximum absolute atomic E-state index is 12.0. The molecule has 0 fully saturated rings. The average molecular weight is 300 g/mol. The Labute approximate surface area is 125 Å². The lowest BCUT2D eigenvalue weighted by Gasteiger charge is -1.98. The Morgan fingerprint density at radius 2 is 2.14 bits per heavy atom. The van der Waals surface area contributed by atoms with Crippen LogP contribution in [0.15, 0.2) is 30.3 Å². The van der Waals surface area contributed by atoms with E-state index in [0.29, 0.717) is 16.8 Å². The minimum atomic E-state index is -0.457. The van der Waals surface area contributed by atoms with Crippen molar-refractivity contribution in [2.24, 2.45) is 0 Å². The van der Waals surface area contributed by atoms with Gasteiger partial charge >= 0.3 is 0 Å². The fourth-order valence-corrected chi connectivity index (χ4v) is 3.13. The van der Waals surface area contributed by atoms with Crippen LogP contribution in [0.4, 0.5) is 11.4 Å². The van der Waals surface area contributed by atoms with E-state index in [0.717, 1.165) is 11.3 Å². The van der Waals surface area contributed by atoms with E-state index >= 15 is 0 Å². The first-order chi connectivity index (χ1) is 10.1. The number of amides is 1. The summed E-state index contributed by atoms with van der Waals surface area (Å²) < 4.78 is 0. The van der Waals surface area contributed by atoms with E-state index in [9.17, 15) is 14.9 Å². The summed E-state index contributed by atoms with van der Waals surface area (Å²) in [5, 5.41) is 13.6. The van der Waals surface area contributed by atoms with Crippen LogP contribution >= 0.6 is 11.3 Å². The molecule has 2 aromatic rings. The minimum absolute atomic E-state index is 0.0171. The van der Waals surface area contributed by atoms with Crippen LogP contribution in [-0.4, -0.2) is 10.8 Å². The molecule has 0 unspecified atom stereocenters. The maximum Gasteiger partial charge on any atom is 0.270 e. The monoisotopic (exact) mass is 300 g/mol. The van der Waals surface area contributed by atoms with Gasteiger partial charge in [-0.1, -0.05) is 6.92 Å². The van der Waals surface area contributed by atoms with Gasteiger partial charge in [0, 0.05) is 33.1 Å². The quantitative estimate of drug-likeness (QED) is 0.533. The highest BCUT2D eigenvalue weighted by atomic mass is 32.1. The molecule has 1 amide bonds. The topological polar surface area (TPSA) is 72.2 Å². The largest absolute Gasteiger partial charge is 0.321 e. The first kappa shape index (κ1) is 13.5. The SMILES string of the molecule is CCc1ccc(/C=C2/C(=O)Nc3ccc([N+](=O)[O-])cc32)s1. The summed E-state index contributed by atoms with van der Waals surface area (Å²) in [4.78, 5) is 24.7. The second kappa shape index (κ2) is 5.14. The molecular weight excluding hydrogens is 288 g/mol. The number of aryl methyl sites for hydroxylation is 1. The summed E-state index contributed by atoms with van der Waals surface area (Å²) in [7, 11) is 0. The van der Waals surface area contributed by atoms with Gasteiger partial charge < -0.3 is 5.32 Å². The van der Waals surface area contributed by atoms with E-state index in [2.05, 4.69) is 12.2 Å². The smallest absolute Gasteiger partial charge is 0.270 e. The number of thiophene rings is 1. The number of carbonyl (C=O) groups is 1. The van der Waals surface area contributed by atoms with E-state index in [-0.39, 0.29) is 11.6 Å². The Morgan fingerprint density at radius 1 is 1.33 bits per heavy atom. The molecule has 0 bridgehead atoms. The van der Waals surface area contributed by atoms with Crippen LogP contribution in [0.2, 0.25) is 0 Å². The number of nitro benzene ring substituents is 1. The van der Waals surface area contributed by atoms with Crippen molar-refractivity contribution in [2.45, 2.75) is 13.3 Å². The van der Waals surface area contributed by atoms with Crippen molar-refractivity contribution in [1.29, 1.82) is 0 Å². The normalized spacial score (nSPS) is 15.1. The van der Waals surface area contributed by atoms with Gasteiger partial charge in [-0.15, -0.1) is 11.3 Å². The molecular formula is C15H12N2O3S. The number of non-ortho nitro benzene ring substituents is 1. The van der Waals surface area contributed by atoms with Crippen molar-refractivity contribution >= 4 is 40.3 Å². The molecule has 1 aliphatic heterocycles. The number of fused-ring (bicyclic) bond motifs is 1. The minimum Gasteiger partial charge on any atom is -0.321 e. The molecule has 106 valence electrons. The summed E-state index contributed by atoms with van der Waals surface area (Å²) in [6, 6.07) is 8.38. The van der Waals surface area contributed by atoms with E-state index in [4.69, 9.17) is 0 Å². The van der Waals surface area contributed by atoms with Gasteiger partial charge in [0.1, 0.15) is 0 Å². The first-order valence-corrected chi connectivity index (χ1v) is 7.30. The van der Waals surface area contributed by atoms with Gasteiger partial charge in [0.25, 0.3) is 11.6 Å². The summed E-state index contributed by atoms with van der Waals surface area (Å²) in [6.07, 6.45) is 2.73. The number of nitrogens with one attached hydrogen (secondary N) is 1. The van der Waals surface area contributed by atoms with Crippen LogP contribution in [0.3, 0.4) is 0 Å². The zero-order chi connectivity index (χ0) is 15.0. The van der Waals surface area contributed by atoms with Gasteiger partial charge in [-0.2, -0.15) is 0 Å². The fraction of sp³-hybridized carbons (Fsp3) is 0.133. The van der Waals surface area contributed by atoms with Crippen molar-refractivity contribution in [3.8, 4) is 0 Å². The number of rotatable bonds is 3. The summed E-state index contributed by atoms with van der Waals surface area (Å²) in [5.74, 6) is -0.225. The Hall–Kier alpha value is -2.47. The molecule has 1 aliphatic rings. The van der Waals surface area contributed by atoms with Gasteiger partial charge in [0.05, 0.1) is 10.5 Å². The molecule has 0 saturated carbocycles. The number of hydrogen-bond acceptors (Lipinski definition) is 4. The van der Waals surface area contributed by atoms with E-state index in [1.165, 1.54) is 17.0 Å². The Balaban J connectivity index is 2.06. The van der Waals surface area contributed by atoms with Crippen LogP contribution in [0, 0.1) is 10.1 Å². The molecule has 0 spiro atoms. The van der Waals surface area contributed by atoms with Crippen molar-refractivity contribution < 1.29 is 9.72 Å². The van der Waals surface area contributed by atoms with Crippen LogP contribution in [0.25, 0.3) is 11.6 Å². The fourth-order valence-electron chi connectivity index (χ4n) is 2.24. The van der Waals surface area contributed by atoms with E-state index in [1.54, 1.807) is 23.5 Å². The molecule has 0 aliphatic carbocycles. The highest BCUT2D eigenvalue weighted by molar-refractivity contribution is 7.13. The molecule has 1 aromatic carbocycles. The lowest BCUT2D eigenvalue weighted by atomic mass is 10.1. The Kier molecular flexibility index (Phi) is 3.31. The zero-order valence-corrected chi connectivity index (χ0v) is 12.1. The third kappa shape index (κ3) is 2.45. The van der Waals surface area contributed by atoms with Crippen LogP contribution in [0.1, 0.15) is 22.2 Å². The van der Waals surface area contributed by atoms with Gasteiger partial charge in [0.15, 0.2) is 0 Å². The molecule has 3 rings (SSSR count). The van der Waals surface area contributed by atoms with E-state index in [1.807, 2.05) is 12.1 Å². The van der Waals surface area contributed by atoms with E-state index < -0.39 is 4.92 Å². The van der Waals surface area contributed by atoms with Gasteiger partial charge in [-0.3, -0.25) is 14.9 Å². The molecule has 0 radical (unpaired) electrons. The highest BCUT2D eigenvalue weighted by Crippen LogP contribution is 2.36. The molecule has 0 saturated heterocycles. The number of nitrogens with zero attached hydrogens (tertiary/aromatic N) is 1. The molecule has 1 N–H and O–H groups in total. The van der Waals surface area contributed by atoms with Crippen molar-refractivity contribution in [3.63, 3.8) is 0 Å². The first-order valence-electron chi connectivity index (χ1n) is 6.49. The molecule has 2 heterocycles. The molecule has 0 atom stereocenters. The number of nitro groups is 1. The predicted molar refractivity (Wildman–Crippen MR) is 83.3 cm³/mol. The van der Waals surface area contributed by atoms with Crippen molar-refractivity contribution in [3.05, 3.63) is 55.8 Å². The molecule has 5 nitrogen and oxygen atoms in total. The van der Waals surface area contributed by atoms with Gasteiger partial charge in [0.2, 0.25) is 0 Å². The molecule has 1 aromatic heterocycles. The third-order valence-electron chi connectivity index (χ3n) is 3.31. The second-order valence-electron chi connectivity index (χ2n) is 4.66. The second-order valence-corrected chi connectivity index (χ2v) is 5.86. The Morgan fingerprint density at radius 3 is 2.81 bits per heavy atom. The lowest BCUT2D eigenvalue weighted by molar-refractivity contribution is -0.384. The summed E-state index contributed by atoms with van der Waals surface area (Å²) >= 11 is 1.62. The standard InChI is InChI=1S/C15H12N2O3S/c1-2-10-4-5-11(21-10)8-13-12-7-9(17(19)20)3-6-14(12)16-15(13)18/h3-8H,2H2,1H3,(H,16,18)/b13-8+. The van der Waals surface area contributed by atoms with Crippen LogP contribution in [0.5, 0.6) is 0 Å². The molecule has 21 heavy (non-hydrogen) atoms. The summed E-state index contributed by atoms with van der Waals surface area (Å²) in [5.41, 5.74) is 1.65. The average Bonchev–Trinajstić information content (AvgIpc) is 3.04. The van der Waals surface area contributed by atoms with Gasteiger partial charge in [-0.05, 0) is 30.7 Å². The number of anilines is 1. The zero-order valence-electron chi connectivity index (χ0n) is 11.3. The predicted octanol–water partition coefficient (Wildman–Crippen LogP) is 3.71. The number of hydrogen-bond donors (Lipinski definition) is 1. The maximum atomic E-state index is 12.0. The van der Waals surface area contributed by atoms with Crippen LogP contribution in [-0.2, 0) is 11.2 Å². The van der Waals surface area contributed by atoms with Crippen LogP contribution < -0.4 is 5.32 Å². The third-order valence-corrected chi connectivity index (χ3v) is 4.49. The highest BCUT2D eigenvalue weighted by Gasteiger charge is 2.26. The number of carbonyl (C=O) groups excluding carboxylic acids is 1. The molecule has 6 heteroatoms. The number of benzene rings is 1. The van der Waals surface area contributed by atoms with Gasteiger partial charge in [-0.25, -0.2) is 0 Å². The van der Waals surface area contributed by atoms with Crippen molar-refractivity contribution in [1.82, 2.24) is 0 Å². The van der Waals surface area contributed by atoms with Crippen molar-refractivity contribution in [2.75, 3.05) is 5.32 Å². The summed E-state index contributed by atoms with van der Waals surface area (Å²) in [6.45, 7) is 2.07.